The van der Waals surface area contributed by atoms with Crippen molar-refractivity contribution in [1.29, 1.82) is 0 Å². The first-order valence-corrected chi connectivity index (χ1v) is 3.47. The molecule has 2 rings (SSSR count). The molecule has 12 heavy (non-hydrogen) atoms. The molecule has 2 N–H and O–H groups in total. The van der Waals surface area contributed by atoms with E-state index in [2.05, 4.69) is 21.9 Å². The zero-order valence-corrected chi connectivity index (χ0v) is 6.59. The van der Waals surface area contributed by atoms with Gasteiger partial charge in [0, 0.05) is 7.05 Å². The highest BCUT2D eigenvalue weighted by Gasteiger charge is 2.24. The first-order chi connectivity index (χ1) is 5.70. The summed E-state index contributed by atoms with van der Waals surface area (Å²) in [7, 11) is 1.65. The highest BCUT2D eigenvalue weighted by Crippen LogP contribution is 2.23. The summed E-state index contributed by atoms with van der Waals surface area (Å²) >= 11 is 0. The molecule has 5 heteroatoms. The van der Waals surface area contributed by atoms with Crippen LogP contribution in [0.1, 0.15) is 5.69 Å². The molecule has 0 bridgehead atoms. The second-order valence-electron chi connectivity index (χ2n) is 2.57. The number of imidazole rings is 1. The maximum Gasteiger partial charge on any atom is 0.327 e. The van der Waals surface area contributed by atoms with Crippen molar-refractivity contribution >= 4 is 17.5 Å². The lowest BCUT2D eigenvalue weighted by Gasteiger charge is -2.23. The Balaban J connectivity index is 2.57. The van der Waals surface area contributed by atoms with E-state index in [0.29, 0.717) is 11.5 Å². The van der Waals surface area contributed by atoms with Crippen molar-refractivity contribution in [3.8, 4) is 0 Å². The summed E-state index contributed by atoms with van der Waals surface area (Å²) in [5.41, 5.74) is 1.32. The van der Waals surface area contributed by atoms with Gasteiger partial charge in [-0.15, -0.1) is 0 Å². The van der Waals surface area contributed by atoms with Gasteiger partial charge in [0.1, 0.15) is 5.69 Å². The number of carbonyl (C=O) groups is 1. The standard InChI is InChI=1S/C7H8N4O/c1-4-5-6(9-3-8-5)11(2)7(12)10-4/h3H,1H2,2H3,(H,8,9)(H,10,12). The Morgan fingerprint density at radius 2 is 2.42 bits per heavy atom. The highest BCUT2D eigenvalue weighted by atomic mass is 16.2. The maximum atomic E-state index is 11.2. The van der Waals surface area contributed by atoms with Crippen LogP contribution in [0.4, 0.5) is 10.6 Å². The van der Waals surface area contributed by atoms with Crippen molar-refractivity contribution in [3.63, 3.8) is 0 Å². The van der Waals surface area contributed by atoms with Crippen LogP contribution in [-0.2, 0) is 0 Å². The molecule has 0 aliphatic carbocycles. The number of urea groups is 1. The molecule has 0 saturated heterocycles. The van der Waals surface area contributed by atoms with E-state index in [1.165, 1.54) is 11.2 Å². The molecular weight excluding hydrogens is 156 g/mol. The van der Waals surface area contributed by atoms with Gasteiger partial charge in [-0.2, -0.15) is 0 Å². The largest absolute Gasteiger partial charge is 0.342 e. The first-order valence-electron chi connectivity index (χ1n) is 3.47. The monoisotopic (exact) mass is 164 g/mol. The zero-order chi connectivity index (χ0) is 8.72. The van der Waals surface area contributed by atoms with Crippen LogP contribution >= 0.6 is 0 Å². The topological polar surface area (TPSA) is 61.0 Å². The lowest BCUT2D eigenvalue weighted by molar-refractivity contribution is 0.250. The van der Waals surface area contributed by atoms with Gasteiger partial charge < -0.3 is 10.3 Å². The summed E-state index contributed by atoms with van der Waals surface area (Å²) in [5, 5.41) is 2.59. The van der Waals surface area contributed by atoms with Gasteiger partial charge in [0.15, 0.2) is 5.82 Å². The van der Waals surface area contributed by atoms with Crippen LogP contribution in [0.25, 0.3) is 5.70 Å². The fourth-order valence-corrected chi connectivity index (χ4v) is 1.14. The third kappa shape index (κ3) is 0.730. The minimum Gasteiger partial charge on any atom is -0.342 e. The highest BCUT2D eigenvalue weighted by molar-refractivity contribution is 6.02. The quantitative estimate of drug-likeness (QED) is 0.587. The molecule has 62 valence electrons. The molecule has 1 aliphatic rings. The third-order valence-corrected chi connectivity index (χ3v) is 1.80. The Labute approximate surface area is 69.1 Å². The predicted octanol–water partition coefficient (Wildman–Crippen LogP) is 0.540. The molecule has 2 amide bonds. The van der Waals surface area contributed by atoms with Crippen LogP contribution in [0.5, 0.6) is 0 Å². The number of amides is 2. The summed E-state index contributed by atoms with van der Waals surface area (Å²) in [4.78, 5) is 19.5. The fourth-order valence-electron chi connectivity index (χ4n) is 1.14. The molecule has 1 aromatic rings. The van der Waals surface area contributed by atoms with E-state index in [1.807, 2.05) is 0 Å². The number of anilines is 1. The smallest absolute Gasteiger partial charge is 0.327 e. The van der Waals surface area contributed by atoms with E-state index in [4.69, 9.17) is 0 Å². The van der Waals surface area contributed by atoms with Gasteiger partial charge in [-0.25, -0.2) is 9.78 Å². The van der Waals surface area contributed by atoms with Gasteiger partial charge in [-0.3, -0.25) is 4.90 Å². The van der Waals surface area contributed by atoms with E-state index in [-0.39, 0.29) is 6.03 Å². The second kappa shape index (κ2) is 2.10. The Kier molecular flexibility index (Phi) is 1.21. The molecule has 1 aromatic heterocycles. The lowest BCUT2D eigenvalue weighted by Crippen LogP contribution is -2.40. The molecular formula is C7H8N4O. The average molecular weight is 164 g/mol. The predicted molar refractivity (Wildman–Crippen MR) is 44.6 cm³/mol. The number of hydrogen-bond donors (Lipinski definition) is 2. The average Bonchev–Trinajstić information content (AvgIpc) is 2.48. The van der Waals surface area contributed by atoms with Crippen molar-refractivity contribution in [2.75, 3.05) is 11.9 Å². The number of aromatic nitrogens is 2. The number of rotatable bonds is 0. The third-order valence-electron chi connectivity index (χ3n) is 1.80. The van der Waals surface area contributed by atoms with Gasteiger partial charge in [-0.05, 0) is 0 Å². The number of aromatic amines is 1. The first kappa shape index (κ1) is 6.90. The van der Waals surface area contributed by atoms with E-state index < -0.39 is 0 Å². The maximum absolute atomic E-state index is 11.2. The van der Waals surface area contributed by atoms with Crippen molar-refractivity contribution in [2.24, 2.45) is 0 Å². The van der Waals surface area contributed by atoms with E-state index in [9.17, 15) is 4.79 Å². The van der Waals surface area contributed by atoms with Crippen molar-refractivity contribution < 1.29 is 4.79 Å². The summed E-state index contributed by atoms with van der Waals surface area (Å²) in [5.74, 6) is 0.615. The molecule has 0 saturated carbocycles. The molecule has 0 radical (unpaired) electrons. The molecule has 2 heterocycles. The van der Waals surface area contributed by atoms with Crippen LogP contribution in [-0.4, -0.2) is 23.0 Å². The second-order valence-corrected chi connectivity index (χ2v) is 2.57. The summed E-state index contributed by atoms with van der Waals surface area (Å²) < 4.78 is 0. The number of nitrogens with one attached hydrogen (secondary N) is 2. The number of H-pyrrole nitrogens is 1. The molecule has 0 aromatic carbocycles. The molecule has 0 fully saturated rings. The molecule has 0 spiro atoms. The SMILES string of the molecule is C=C1NC(=O)N(C)c2nc[nH]c21. The zero-order valence-electron chi connectivity index (χ0n) is 6.59. The normalized spacial score (nSPS) is 15.9. The molecule has 5 nitrogen and oxygen atoms in total. The van der Waals surface area contributed by atoms with Crippen LogP contribution in [0.2, 0.25) is 0 Å². The van der Waals surface area contributed by atoms with Crippen LogP contribution in [0.15, 0.2) is 12.9 Å². The van der Waals surface area contributed by atoms with Crippen molar-refractivity contribution in [2.45, 2.75) is 0 Å². The van der Waals surface area contributed by atoms with Gasteiger partial charge in [0.2, 0.25) is 0 Å². The molecule has 0 atom stereocenters. The number of nitrogens with zero attached hydrogens (tertiary/aromatic N) is 2. The number of fused-ring (bicyclic) bond motifs is 1. The fraction of sp³-hybridized carbons (Fsp3) is 0.143. The summed E-state index contributed by atoms with van der Waals surface area (Å²) in [6.45, 7) is 3.68. The Bertz CT molecular complexity index is 354. The van der Waals surface area contributed by atoms with Gasteiger partial charge >= 0.3 is 6.03 Å². The van der Waals surface area contributed by atoms with E-state index in [1.54, 1.807) is 7.05 Å². The minimum atomic E-state index is -0.209. The Morgan fingerprint density at radius 1 is 1.67 bits per heavy atom. The number of hydrogen-bond acceptors (Lipinski definition) is 2. The van der Waals surface area contributed by atoms with Crippen LogP contribution < -0.4 is 10.2 Å². The van der Waals surface area contributed by atoms with Crippen LogP contribution in [0.3, 0.4) is 0 Å². The lowest BCUT2D eigenvalue weighted by atomic mass is 10.3. The van der Waals surface area contributed by atoms with Crippen LogP contribution in [0, 0.1) is 0 Å². The molecule has 1 aliphatic heterocycles. The van der Waals surface area contributed by atoms with E-state index >= 15 is 0 Å². The van der Waals surface area contributed by atoms with Gasteiger partial charge in [-0.1, -0.05) is 6.58 Å². The molecule has 0 unspecified atom stereocenters. The minimum absolute atomic E-state index is 0.209. The van der Waals surface area contributed by atoms with E-state index in [0.717, 1.165) is 5.69 Å². The van der Waals surface area contributed by atoms with Gasteiger partial charge in [0.25, 0.3) is 0 Å². The van der Waals surface area contributed by atoms with Gasteiger partial charge in [0.05, 0.1) is 12.0 Å². The van der Waals surface area contributed by atoms with Crippen molar-refractivity contribution in [3.05, 3.63) is 18.6 Å². The van der Waals surface area contributed by atoms with Crippen molar-refractivity contribution in [1.82, 2.24) is 15.3 Å². The summed E-state index contributed by atoms with van der Waals surface area (Å²) in [6.07, 6.45) is 1.53. The Hall–Kier alpha value is -1.78. The summed E-state index contributed by atoms with van der Waals surface area (Å²) in [6, 6.07) is -0.209. The number of carbonyl (C=O) groups excluding carboxylic acids is 1. The Morgan fingerprint density at radius 3 is 3.17 bits per heavy atom.